The zero-order chi connectivity index (χ0) is 13.1. The summed E-state index contributed by atoms with van der Waals surface area (Å²) in [5.74, 6) is 0.0625. The molecule has 17 heavy (non-hydrogen) atoms. The van der Waals surface area contributed by atoms with E-state index >= 15 is 0 Å². The second kappa shape index (κ2) is 5.21. The molecule has 0 aliphatic rings. The smallest absolute Gasteiger partial charge is 0.303 e. The summed E-state index contributed by atoms with van der Waals surface area (Å²) in [7, 11) is 0. The van der Waals surface area contributed by atoms with Crippen LogP contribution in [0.15, 0.2) is 24.3 Å². The van der Waals surface area contributed by atoms with Gasteiger partial charge in [0.15, 0.2) is 0 Å². The van der Waals surface area contributed by atoms with E-state index in [9.17, 15) is 4.79 Å². The molecule has 1 rings (SSSR count). The minimum Gasteiger partial charge on any atom is -0.488 e. The number of carbonyl (C=O) groups is 1. The summed E-state index contributed by atoms with van der Waals surface area (Å²) in [4.78, 5) is 10.6. The molecule has 0 aliphatic carbocycles. The molecule has 0 heterocycles. The maximum absolute atomic E-state index is 10.6. The fourth-order valence-electron chi connectivity index (χ4n) is 1.60. The number of benzene rings is 1. The van der Waals surface area contributed by atoms with Crippen LogP contribution in [-0.2, 0) is 4.79 Å². The van der Waals surface area contributed by atoms with Gasteiger partial charge in [0.05, 0.1) is 6.42 Å². The van der Waals surface area contributed by atoms with Crippen LogP contribution in [0.2, 0.25) is 0 Å². The van der Waals surface area contributed by atoms with Crippen LogP contribution in [0.5, 0.6) is 5.75 Å². The van der Waals surface area contributed by atoms with Crippen LogP contribution in [0, 0.1) is 0 Å². The molecule has 0 radical (unpaired) electrons. The van der Waals surface area contributed by atoms with Crippen molar-refractivity contribution in [3.8, 4) is 5.75 Å². The molecule has 1 aromatic rings. The lowest BCUT2D eigenvalue weighted by atomic mass is 9.98. The minimum atomic E-state index is -0.771. The normalized spacial score (nSPS) is 13.2. The molecule has 1 aromatic carbocycles. The lowest BCUT2D eigenvalue weighted by Crippen LogP contribution is -2.22. The van der Waals surface area contributed by atoms with Crippen molar-refractivity contribution < 1.29 is 14.6 Å². The van der Waals surface area contributed by atoms with Gasteiger partial charge in [-0.1, -0.05) is 19.1 Å². The maximum atomic E-state index is 10.6. The Morgan fingerprint density at radius 1 is 1.29 bits per heavy atom. The second-order valence-electron chi connectivity index (χ2n) is 5.28. The highest BCUT2D eigenvalue weighted by Gasteiger charge is 2.13. The van der Waals surface area contributed by atoms with Crippen molar-refractivity contribution in [2.75, 3.05) is 0 Å². The van der Waals surface area contributed by atoms with Crippen molar-refractivity contribution in [3.05, 3.63) is 29.8 Å². The third kappa shape index (κ3) is 4.89. The second-order valence-corrected chi connectivity index (χ2v) is 5.28. The van der Waals surface area contributed by atoms with Gasteiger partial charge in [0, 0.05) is 0 Å². The monoisotopic (exact) mass is 236 g/mol. The number of hydrogen-bond donors (Lipinski definition) is 1. The molecule has 0 bridgehead atoms. The highest BCUT2D eigenvalue weighted by molar-refractivity contribution is 5.67. The zero-order valence-corrected chi connectivity index (χ0v) is 10.9. The highest BCUT2D eigenvalue weighted by Crippen LogP contribution is 2.23. The van der Waals surface area contributed by atoms with Crippen molar-refractivity contribution in [2.24, 2.45) is 0 Å². The van der Waals surface area contributed by atoms with Crippen molar-refractivity contribution in [1.29, 1.82) is 0 Å². The Hall–Kier alpha value is -1.51. The first-order chi connectivity index (χ1) is 7.78. The van der Waals surface area contributed by atoms with Gasteiger partial charge < -0.3 is 9.84 Å². The molecule has 94 valence electrons. The molecule has 1 N–H and O–H groups in total. The maximum Gasteiger partial charge on any atom is 0.303 e. The van der Waals surface area contributed by atoms with E-state index in [4.69, 9.17) is 9.84 Å². The minimum absolute atomic E-state index is 0.0242. The van der Waals surface area contributed by atoms with E-state index in [1.807, 2.05) is 52.0 Å². The first-order valence-electron chi connectivity index (χ1n) is 5.79. The SMILES string of the molecule is C[C@@H](CC(=O)O)c1ccc(OC(C)(C)C)cc1. The van der Waals surface area contributed by atoms with Crippen LogP contribution in [0.25, 0.3) is 0 Å². The van der Waals surface area contributed by atoms with Gasteiger partial charge in [0.2, 0.25) is 0 Å². The Bertz CT molecular complexity index is 373. The van der Waals surface area contributed by atoms with Gasteiger partial charge in [0.25, 0.3) is 0 Å². The number of carboxylic acid groups (broad SMARTS) is 1. The van der Waals surface area contributed by atoms with E-state index in [0.717, 1.165) is 11.3 Å². The van der Waals surface area contributed by atoms with Gasteiger partial charge in [-0.15, -0.1) is 0 Å². The van der Waals surface area contributed by atoms with Crippen LogP contribution in [0.1, 0.15) is 45.6 Å². The van der Waals surface area contributed by atoms with E-state index in [0.29, 0.717) is 0 Å². The Morgan fingerprint density at radius 2 is 1.82 bits per heavy atom. The summed E-state index contributed by atoms with van der Waals surface area (Å²) < 4.78 is 5.70. The lowest BCUT2D eigenvalue weighted by molar-refractivity contribution is -0.137. The highest BCUT2D eigenvalue weighted by atomic mass is 16.5. The molecule has 3 nitrogen and oxygen atoms in total. The van der Waals surface area contributed by atoms with E-state index in [-0.39, 0.29) is 17.9 Å². The zero-order valence-electron chi connectivity index (χ0n) is 10.9. The van der Waals surface area contributed by atoms with Crippen LogP contribution in [0.3, 0.4) is 0 Å². The molecule has 0 unspecified atom stereocenters. The fraction of sp³-hybridized carbons (Fsp3) is 0.500. The van der Waals surface area contributed by atoms with E-state index in [1.165, 1.54) is 0 Å². The van der Waals surface area contributed by atoms with Gasteiger partial charge in [0.1, 0.15) is 11.4 Å². The molecule has 1 atom stereocenters. The van der Waals surface area contributed by atoms with Gasteiger partial charge in [-0.2, -0.15) is 0 Å². The van der Waals surface area contributed by atoms with Gasteiger partial charge >= 0.3 is 5.97 Å². The molecule has 0 fully saturated rings. The fourth-order valence-corrected chi connectivity index (χ4v) is 1.60. The summed E-state index contributed by atoms with van der Waals surface area (Å²) >= 11 is 0. The molecule has 0 amide bonds. The number of aliphatic carboxylic acids is 1. The van der Waals surface area contributed by atoms with E-state index < -0.39 is 5.97 Å². The summed E-state index contributed by atoms with van der Waals surface area (Å²) in [6.07, 6.45) is 0.152. The Balaban J connectivity index is 2.71. The van der Waals surface area contributed by atoms with E-state index in [2.05, 4.69) is 0 Å². The molecular formula is C14H20O3. The topological polar surface area (TPSA) is 46.5 Å². The number of ether oxygens (including phenoxy) is 1. The van der Waals surface area contributed by atoms with Crippen LogP contribution >= 0.6 is 0 Å². The lowest BCUT2D eigenvalue weighted by Gasteiger charge is -2.21. The molecule has 0 aliphatic heterocycles. The predicted octanol–water partition coefficient (Wildman–Crippen LogP) is 3.44. The number of rotatable bonds is 4. The molecule has 0 saturated heterocycles. The molecule has 3 heteroatoms. The average Bonchev–Trinajstić information content (AvgIpc) is 2.15. The Morgan fingerprint density at radius 3 is 2.24 bits per heavy atom. The first-order valence-corrected chi connectivity index (χ1v) is 5.79. The standard InChI is InChI=1S/C14H20O3/c1-10(9-13(15)16)11-5-7-12(8-6-11)17-14(2,3)4/h5-8,10H,9H2,1-4H3,(H,15,16)/t10-/m0/s1. The third-order valence-electron chi connectivity index (χ3n) is 2.35. The van der Waals surface area contributed by atoms with Crippen molar-refractivity contribution in [3.63, 3.8) is 0 Å². The van der Waals surface area contributed by atoms with Crippen LogP contribution in [-0.4, -0.2) is 16.7 Å². The van der Waals surface area contributed by atoms with Gasteiger partial charge in [-0.25, -0.2) is 0 Å². The number of hydrogen-bond acceptors (Lipinski definition) is 2. The average molecular weight is 236 g/mol. The predicted molar refractivity (Wildman–Crippen MR) is 67.5 cm³/mol. The van der Waals surface area contributed by atoms with Crippen molar-refractivity contribution >= 4 is 5.97 Å². The molecule has 0 spiro atoms. The molecule has 0 aromatic heterocycles. The van der Waals surface area contributed by atoms with Crippen molar-refractivity contribution in [2.45, 2.75) is 45.6 Å². The number of carboxylic acids is 1. The summed E-state index contributed by atoms with van der Waals surface area (Å²) in [6, 6.07) is 7.63. The molecular weight excluding hydrogens is 216 g/mol. The summed E-state index contributed by atoms with van der Waals surface area (Å²) in [5.41, 5.74) is 0.808. The Kier molecular flexibility index (Phi) is 4.16. The Labute approximate surface area is 102 Å². The van der Waals surface area contributed by atoms with E-state index in [1.54, 1.807) is 0 Å². The summed E-state index contributed by atoms with van der Waals surface area (Å²) in [6.45, 7) is 7.89. The largest absolute Gasteiger partial charge is 0.488 e. The summed E-state index contributed by atoms with van der Waals surface area (Å²) in [5, 5.41) is 8.73. The van der Waals surface area contributed by atoms with Gasteiger partial charge in [-0.3, -0.25) is 4.79 Å². The van der Waals surface area contributed by atoms with Gasteiger partial charge in [-0.05, 0) is 44.4 Å². The first kappa shape index (κ1) is 13.6. The van der Waals surface area contributed by atoms with Crippen LogP contribution in [0.4, 0.5) is 0 Å². The van der Waals surface area contributed by atoms with Crippen molar-refractivity contribution in [1.82, 2.24) is 0 Å². The van der Waals surface area contributed by atoms with Crippen LogP contribution < -0.4 is 4.74 Å². The third-order valence-corrected chi connectivity index (χ3v) is 2.35. The quantitative estimate of drug-likeness (QED) is 0.871. The molecule has 0 saturated carbocycles.